The van der Waals surface area contributed by atoms with Gasteiger partial charge < -0.3 is 10.1 Å². The third-order valence-corrected chi connectivity index (χ3v) is 9.84. The number of carboxylic acid groups (broad SMARTS) is 1. The Labute approximate surface area is 191 Å². The molecular weight excluding hydrogens is 475 g/mol. The Bertz CT molecular complexity index is 1330. The number of aromatic amines is 1. The minimum atomic E-state index is -3.83. The molecule has 2 N–H and O–H groups in total. The zero-order valence-electron chi connectivity index (χ0n) is 16.6. The highest BCUT2D eigenvalue weighted by Gasteiger charge is 2.27. The quantitative estimate of drug-likeness (QED) is 0.362. The van der Waals surface area contributed by atoms with Crippen molar-refractivity contribution in [2.45, 2.75) is 22.8 Å². The van der Waals surface area contributed by atoms with E-state index in [0.29, 0.717) is 21.8 Å². The first kappa shape index (κ1) is 21.9. The van der Waals surface area contributed by atoms with Crippen LogP contribution in [0.1, 0.15) is 11.8 Å². The van der Waals surface area contributed by atoms with Gasteiger partial charge in [0.15, 0.2) is 0 Å². The summed E-state index contributed by atoms with van der Waals surface area (Å²) in [7, 11) is -2.30. The number of sulfonamides is 1. The van der Waals surface area contributed by atoms with E-state index in [0.717, 1.165) is 16.1 Å². The molecule has 7 nitrogen and oxygen atoms in total. The molecule has 3 heterocycles. The van der Waals surface area contributed by atoms with Crippen molar-refractivity contribution in [3.05, 3.63) is 52.2 Å². The highest BCUT2D eigenvalue weighted by Crippen LogP contribution is 2.35. The summed E-state index contributed by atoms with van der Waals surface area (Å²) in [6.45, 7) is 1.59. The summed E-state index contributed by atoms with van der Waals surface area (Å²) in [5.41, 5.74) is 2.08. The Kier molecular flexibility index (Phi) is 6.11. The van der Waals surface area contributed by atoms with Crippen LogP contribution in [0.4, 0.5) is 5.69 Å². The molecule has 0 aliphatic heterocycles. The predicted octanol–water partition coefficient (Wildman–Crippen LogP) is 4.88. The summed E-state index contributed by atoms with van der Waals surface area (Å²) in [4.78, 5) is 19.6. The van der Waals surface area contributed by atoms with Crippen molar-refractivity contribution in [2.75, 3.05) is 11.4 Å². The van der Waals surface area contributed by atoms with E-state index in [1.807, 2.05) is 23.6 Å². The molecule has 4 rings (SSSR count). The number of thioether (sulfide) groups is 1. The largest absolute Gasteiger partial charge is 0.480 e. The number of hydrogen-bond donors (Lipinski definition) is 2. The molecule has 1 unspecified atom stereocenters. The van der Waals surface area contributed by atoms with E-state index >= 15 is 0 Å². The van der Waals surface area contributed by atoms with Gasteiger partial charge in [0.1, 0.15) is 9.90 Å². The van der Waals surface area contributed by atoms with E-state index in [9.17, 15) is 13.2 Å². The maximum absolute atomic E-state index is 13.5. The van der Waals surface area contributed by atoms with E-state index in [-0.39, 0.29) is 4.90 Å². The molecule has 0 aliphatic carbocycles. The first-order valence-electron chi connectivity index (χ1n) is 9.20. The fourth-order valence-corrected chi connectivity index (χ4v) is 7.37. The molecule has 4 aromatic rings. The highest BCUT2D eigenvalue weighted by atomic mass is 32.2. The molecule has 1 aromatic carbocycles. The van der Waals surface area contributed by atoms with Crippen molar-refractivity contribution >= 4 is 67.0 Å². The number of H-pyrrole nitrogens is 1. The van der Waals surface area contributed by atoms with E-state index in [4.69, 9.17) is 5.11 Å². The highest BCUT2D eigenvalue weighted by molar-refractivity contribution is 8.00. The topological polar surface area (TPSA) is 103 Å². The molecule has 11 heteroatoms. The summed E-state index contributed by atoms with van der Waals surface area (Å²) in [6, 6.07) is 9.04. The standard InChI is InChI=1S/C20H19N3O4S4/c1-12(20(24)25)30-11-16-17(6-8-28-16)31(26,27)23(2)15-5-3-4-13-10-14(22-18(13)15)19-21-7-9-29-19/h3-10,12,22H,11H2,1-2H3,(H,24,25). The number of para-hydroxylation sites is 1. The Balaban J connectivity index is 1.68. The summed E-state index contributed by atoms with van der Waals surface area (Å²) in [6.07, 6.45) is 1.73. The third-order valence-electron chi connectivity index (χ3n) is 4.79. The Morgan fingerprint density at radius 2 is 2.10 bits per heavy atom. The number of thiazole rings is 1. The van der Waals surface area contributed by atoms with Crippen molar-refractivity contribution in [1.82, 2.24) is 9.97 Å². The minimum absolute atomic E-state index is 0.203. The van der Waals surface area contributed by atoms with Crippen LogP contribution in [0.25, 0.3) is 21.6 Å². The Morgan fingerprint density at radius 3 is 2.81 bits per heavy atom. The number of benzene rings is 1. The van der Waals surface area contributed by atoms with Gasteiger partial charge in [-0.1, -0.05) is 12.1 Å². The van der Waals surface area contributed by atoms with Gasteiger partial charge in [0, 0.05) is 34.6 Å². The molecule has 0 radical (unpaired) electrons. The van der Waals surface area contributed by atoms with Gasteiger partial charge in [0.05, 0.1) is 22.1 Å². The zero-order valence-corrected chi connectivity index (χ0v) is 19.9. The van der Waals surface area contributed by atoms with E-state index in [1.165, 1.54) is 45.8 Å². The van der Waals surface area contributed by atoms with Crippen LogP contribution in [-0.4, -0.2) is 41.8 Å². The van der Waals surface area contributed by atoms with Crippen LogP contribution in [0.3, 0.4) is 0 Å². The first-order chi connectivity index (χ1) is 14.8. The fourth-order valence-electron chi connectivity index (χ4n) is 3.09. The van der Waals surface area contributed by atoms with Crippen molar-refractivity contribution in [3.63, 3.8) is 0 Å². The van der Waals surface area contributed by atoms with Gasteiger partial charge in [0.2, 0.25) is 0 Å². The van der Waals surface area contributed by atoms with Gasteiger partial charge in [-0.2, -0.15) is 0 Å². The van der Waals surface area contributed by atoms with Crippen LogP contribution in [-0.2, 0) is 20.6 Å². The van der Waals surface area contributed by atoms with Crippen LogP contribution in [0.5, 0.6) is 0 Å². The second-order valence-electron chi connectivity index (χ2n) is 6.73. The maximum atomic E-state index is 13.5. The summed E-state index contributed by atoms with van der Waals surface area (Å²) in [5.74, 6) is -0.605. The molecule has 1 atom stereocenters. The number of fused-ring (bicyclic) bond motifs is 1. The predicted molar refractivity (Wildman–Crippen MR) is 128 cm³/mol. The number of hydrogen-bond acceptors (Lipinski definition) is 7. The SMILES string of the molecule is CC(SCc1sccc1S(=O)(=O)N(C)c1cccc2cc(-c3nccs3)[nH]c12)C(=O)O. The maximum Gasteiger partial charge on any atom is 0.316 e. The lowest BCUT2D eigenvalue weighted by atomic mass is 10.2. The average molecular weight is 494 g/mol. The lowest BCUT2D eigenvalue weighted by Crippen LogP contribution is -2.27. The monoisotopic (exact) mass is 493 g/mol. The number of rotatable bonds is 8. The Hall–Kier alpha value is -2.34. The number of nitrogens with one attached hydrogen (secondary N) is 1. The van der Waals surface area contributed by atoms with Crippen LogP contribution in [0.2, 0.25) is 0 Å². The molecule has 0 aliphatic rings. The molecule has 162 valence electrons. The van der Waals surface area contributed by atoms with Crippen LogP contribution >= 0.6 is 34.4 Å². The zero-order chi connectivity index (χ0) is 22.2. The van der Waals surface area contributed by atoms with E-state index in [2.05, 4.69) is 9.97 Å². The van der Waals surface area contributed by atoms with Gasteiger partial charge >= 0.3 is 5.97 Å². The second-order valence-corrected chi connectivity index (χ2v) is 11.9. The van der Waals surface area contributed by atoms with Gasteiger partial charge in [-0.3, -0.25) is 9.10 Å². The van der Waals surface area contributed by atoms with E-state index in [1.54, 1.807) is 30.6 Å². The minimum Gasteiger partial charge on any atom is -0.480 e. The van der Waals surface area contributed by atoms with Crippen molar-refractivity contribution in [1.29, 1.82) is 0 Å². The van der Waals surface area contributed by atoms with Gasteiger partial charge in [0.25, 0.3) is 10.0 Å². The summed E-state index contributed by atoms with van der Waals surface area (Å²) < 4.78 is 28.2. The molecule has 0 saturated carbocycles. The molecule has 0 bridgehead atoms. The smallest absolute Gasteiger partial charge is 0.316 e. The number of aliphatic carboxylic acids is 1. The number of aromatic nitrogens is 2. The van der Waals surface area contributed by atoms with Crippen molar-refractivity contribution < 1.29 is 18.3 Å². The lowest BCUT2D eigenvalue weighted by molar-refractivity contribution is -0.136. The molecule has 0 amide bonds. The molecular formula is C20H19N3O4S4. The van der Waals surface area contributed by atoms with Gasteiger partial charge in [-0.15, -0.1) is 34.4 Å². The molecule has 0 saturated heterocycles. The normalized spacial score (nSPS) is 12.8. The first-order valence-corrected chi connectivity index (χ1v) is 13.4. The number of carboxylic acids is 1. The van der Waals surface area contributed by atoms with Crippen LogP contribution in [0, 0.1) is 0 Å². The number of anilines is 1. The van der Waals surface area contributed by atoms with Crippen molar-refractivity contribution in [3.8, 4) is 10.7 Å². The second kappa shape index (κ2) is 8.65. The lowest BCUT2D eigenvalue weighted by Gasteiger charge is -2.20. The van der Waals surface area contributed by atoms with Crippen molar-refractivity contribution in [2.24, 2.45) is 0 Å². The van der Waals surface area contributed by atoms with E-state index < -0.39 is 21.2 Å². The van der Waals surface area contributed by atoms with Crippen LogP contribution < -0.4 is 4.31 Å². The molecule has 0 spiro atoms. The number of thiophene rings is 1. The number of carbonyl (C=O) groups is 1. The van der Waals surface area contributed by atoms with Gasteiger partial charge in [-0.05, 0) is 30.5 Å². The van der Waals surface area contributed by atoms with Gasteiger partial charge in [-0.25, -0.2) is 13.4 Å². The Morgan fingerprint density at radius 1 is 1.29 bits per heavy atom. The summed E-state index contributed by atoms with van der Waals surface area (Å²) in [5, 5.41) is 13.8. The number of nitrogens with zero attached hydrogens (tertiary/aromatic N) is 2. The third kappa shape index (κ3) is 4.22. The fraction of sp³-hybridized carbons (Fsp3) is 0.200. The molecule has 0 fully saturated rings. The molecule has 3 aromatic heterocycles. The summed E-state index contributed by atoms with van der Waals surface area (Å²) >= 11 is 4.02. The van der Waals surface area contributed by atoms with Crippen LogP contribution in [0.15, 0.2) is 52.2 Å². The molecule has 31 heavy (non-hydrogen) atoms. The average Bonchev–Trinajstić information content (AvgIpc) is 3.50.